The van der Waals surface area contributed by atoms with Gasteiger partial charge in [-0.3, -0.25) is 0 Å². The van der Waals surface area contributed by atoms with E-state index in [0.29, 0.717) is 0 Å². The Balaban J connectivity index is 1.84. The molecule has 0 heterocycles. The maximum absolute atomic E-state index is 5.70. The predicted molar refractivity (Wildman–Crippen MR) is 78.6 cm³/mol. The van der Waals surface area contributed by atoms with Crippen LogP contribution in [0.1, 0.15) is 11.1 Å². The van der Waals surface area contributed by atoms with Crippen molar-refractivity contribution in [3.8, 4) is 0 Å². The third-order valence-electron chi connectivity index (χ3n) is 2.28. The summed E-state index contributed by atoms with van der Waals surface area (Å²) in [5.41, 5.74) is 6.88. The second kappa shape index (κ2) is 6.88. The second-order valence-corrected chi connectivity index (χ2v) is 5.86. The molecule has 1 nitrogen and oxygen atoms in total. The van der Waals surface area contributed by atoms with E-state index in [-0.39, 0.29) is 18.8 Å². The molecule has 0 aliphatic carbocycles. The third-order valence-corrected chi connectivity index (χ3v) is 4.58. The smallest absolute Gasteiger partial charge is 0.205 e. The maximum atomic E-state index is 5.70. The van der Waals surface area contributed by atoms with Crippen molar-refractivity contribution in [2.24, 2.45) is 0 Å². The summed E-state index contributed by atoms with van der Waals surface area (Å²) in [6.07, 6.45) is 0. The lowest BCUT2D eigenvalue weighted by molar-refractivity contribution is 0.681. The molecule has 2 aromatic rings. The van der Waals surface area contributed by atoms with E-state index in [9.17, 15) is 0 Å². The van der Waals surface area contributed by atoms with E-state index in [1.54, 1.807) is 0 Å². The molecule has 0 aliphatic rings. The van der Waals surface area contributed by atoms with Crippen molar-refractivity contribution in [2.75, 3.05) is 0 Å². The summed E-state index contributed by atoms with van der Waals surface area (Å²) in [5.74, 6) is 0. The predicted octanol–water partition coefficient (Wildman–Crippen LogP) is 1.41. The van der Waals surface area contributed by atoms with Gasteiger partial charge in [-0.15, -0.1) is 0 Å². The molecule has 2 rings (SSSR count). The Kier molecular flexibility index (Phi) is 4.81. The van der Waals surface area contributed by atoms with E-state index in [1.807, 2.05) is 36.4 Å². The summed E-state index contributed by atoms with van der Waals surface area (Å²) in [4.78, 5) is 0. The molecule has 17 heavy (non-hydrogen) atoms. The highest BCUT2D eigenvalue weighted by atomic mass is 28.3. The molecular weight excluding hydrogens is 240 g/mol. The highest BCUT2D eigenvalue weighted by Gasteiger charge is 1.83. The Hall–Kier alpha value is -1.59. The van der Waals surface area contributed by atoms with E-state index in [4.69, 9.17) is 4.12 Å². The van der Waals surface area contributed by atoms with Gasteiger partial charge in [0.05, 0.1) is 0 Å². The van der Waals surface area contributed by atoms with Gasteiger partial charge in [0.15, 0.2) is 0 Å². The third kappa shape index (κ3) is 4.42. The fourth-order valence-electron chi connectivity index (χ4n) is 1.41. The zero-order chi connectivity index (χ0) is 11.8. The molecule has 0 bridgehead atoms. The van der Waals surface area contributed by atoms with Gasteiger partial charge in [0.25, 0.3) is 0 Å². The SMILES string of the molecule is C(=[SiH]O[SiH]=Cc1ccccc1)c1ccccc1. The van der Waals surface area contributed by atoms with Gasteiger partial charge in [-0.1, -0.05) is 60.7 Å². The summed E-state index contributed by atoms with van der Waals surface area (Å²) in [6.45, 7) is 0. The van der Waals surface area contributed by atoms with Gasteiger partial charge in [-0.2, -0.15) is 0 Å². The Bertz CT molecular complexity index is 445. The zero-order valence-corrected chi connectivity index (χ0v) is 11.8. The van der Waals surface area contributed by atoms with Crippen LogP contribution in [0.5, 0.6) is 0 Å². The van der Waals surface area contributed by atoms with Crippen molar-refractivity contribution in [3.05, 3.63) is 71.8 Å². The molecule has 3 heteroatoms. The van der Waals surface area contributed by atoms with Crippen LogP contribution in [0.3, 0.4) is 0 Å². The molecule has 0 atom stereocenters. The molecule has 0 aromatic heterocycles. The van der Waals surface area contributed by atoms with Crippen LogP contribution in [0.4, 0.5) is 0 Å². The second-order valence-electron chi connectivity index (χ2n) is 3.56. The molecule has 2 aromatic carbocycles. The van der Waals surface area contributed by atoms with Crippen molar-refractivity contribution in [2.45, 2.75) is 0 Å². The molecule has 0 saturated carbocycles. The van der Waals surface area contributed by atoms with Gasteiger partial charge < -0.3 is 4.12 Å². The van der Waals surface area contributed by atoms with Crippen molar-refractivity contribution in [1.82, 2.24) is 0 Å². The van der Waals surface area contributed by atoms with Gasteiger partial charge in [-0.25, -0.2) is 0 Å². The normalized spacial score (nSPS) is 11.1. The minimum absolute atomic E-state index is 0.0400. The number of hydrogen-bond donors (Lipinski definition) is 0. The molecule has 0 unspecified atom stereocenters. The Morgan fingerprint density at radius 2 is 1.06 bits per heavy atom. The molecule has 0 radical (unpaired) electrons. The molecule has 0 aliphatic heterocycles. The lowest BCUT2D eigenvalue weighted by Gasteiger charge is -1.93. The van der Waals surface area contributed by atoms with E-state index in [2.05, 4.69) is 35.6 Å². The van der Waals surface area contributed by atoms with Gasteiger partial charge in [0.2, 0.25) is 18.8 Å². The first-order valence-electron chi connectivity index (χ1n) is 5.54. The number of benzene rings is 2. The van der Waals surface area contributed by atoms with E-state index in [1.165, 1.54) is 11.1 Å². The highest BCUT2D eigenvalue weighted by molar-refractivity contribution is 6.56. The summed E-state index contributed by atoms with van der Waals surface area (Å²) in [7, 11) is -0.0799. The van der Waals surface area contributed by atoms with Crippen LogP contribution in [0.2, 0.25) is 0 Å². The van der Waals surface area contributed by atoms with Crippen LogP contribution in [0.25, 0.3) is 0 Å². The standard InChI is InChI=1S/C14H14OSi2/c1-3-7-13(8-4-1)11-16-15-17-12-14-9-5-2-6-10-14/h1-12,16-17H. The lowest BCUT2D eigenvalue weighted by Crippen LogP contribution is -1.97. The molecule has 0 fully saturated rings. The van der Waals surface area contributed by atoms with Crippen molar-refractivity contribution in [3.63, 3.8) is 0 Å². The van der Waals surface area contributed by atoms with Crippen LogP contribution in [0.15, 0.2) is 60.7 Å². The quantitative estimate of drug-likeness (QED) is 0.750. The Labute approximate surface area is 106 Å². The maximum Gasteiger partial charge on any atom is 0.205 e. The molecule has 0 amide bonds. The van der Waals surface area contributed by atoms with Crippen LogP contribution >= 0.6 is 0 Å². The largest absolute Gasteiger partial charge is 0.583 e. The fraction of sp³-hybridized carbons (Fsp3) is 0. The Morgan fingerprint density at radius 3 is 1.47 bits per heavy atom. The van der Waals surface area contributed by atoms with Gasteiger partial charge >= 0.3 is 0 Å². The summed E-state index contributed by atoms with van der Waals surface area (Å²) >= 11 is 0. The van der Waals surface area contributed by atoms with Gasteiger partial charge in [-0.05, 0) is 22.5 Å². The van der Waals surface area contributed by atoms with Crippen LogP contribution in [-0.4, -0.2) is 30.1 Å². The topological polar surface area (TPSA) is 9.23 Å². The summed E-state index contributed by atoms with van der Waals surface area (Å²) in [5, 5.41) is 0. The fourth-order valence-corrected chi connectivity index (χ4v) is 3.16. The van der Waals surface area contributed by atoms with Crippen LogP contribution in [0, 0.1) is 0 Å². The monoisotopic (exact) mass is 254 g/mol. The van der Waals surface area contributed by atoms with E-state index >= 15 is 0 Å². The molecule has 0 spiro atoms. The Morgan fingerprint density at radius 1 is 0.647 bits per heavy atom. The van der Waals surface area contributed by atoms with Crippen LogP contribution < -0.4 is 0 Å². The first kappa shape index (κ1) is 11.9. The lowest BCUT2D eigenvalue weighted by atomic mass is 10.2. The minimum Gasteiger partial charge on any atom is -0.583 e. The highest BCUT2D eigenvalue weighted by Crippen LogP contribution is 1.93. The van der Waals surface area contributed by atoms with Crippen molar-refractivity contribution in [1.29, 1.82) is 0 Å². The van der Waals surface area contributed by atoms with Crippen LogP contribution in [-0.2, 0) is 4.12 Å². The first-order chi connectivity index (χ1) is 8.45. The zero-order valence-electron chi connectivity index (χ0n) is 9.49. The number of hydrogen-bond acceptors (Lipinski definition) is 1. The van der Waals surface area contributed by atoms with E-state index in [0.717, 1.165) is 0 Å². The average molecular weight is 254 g/mol. The van der Waals surface area contributed by atoms with Gasteiger partial charge in [0.1, 0.15) is 0 Å². The molecular formula is C14H14OSi2. The van der Waals surface area contributed by atoms with Crippen molar-refractivity contribution < 1.29 is 4.12 Å². The van der Waals surface area contributed by atoms with Gasteiger partial charge in [0, 0.05) is 0 Å². The first-order valence-corrected chi connectivity index (χ1v) is 7.81. The number of rotatable bonds is 4. The molecule has 84 valence electrons. The summed E-state index contributed by atoms with van der Waals surface area (Å²) < 4.78 is 5.70. The van der Waals surface area contributed by atoms with E-state index < -0.39 is 0 Å². The summed E-state index contributed by atoms with van der Waals surface area (Å²) in [6, 6.07) is 20.7. The van der Waals surface area contributed by atoms with Crippen molar-refractivity contribution >= 4 is 30.1 Å². The molecule has 0 N–H and O–H groups in total. The molecule has 0 saturated heterocycles. The average Bonchev–Trinajstić information content (AvgIpc) is 2.41. The minimum atomic E-state index is -0.0400.